The summed E-state index contributed by atoms with van der Waals surface area (Å²) in [5.74, 6) is 0.112. The molecule has 1 saturated carbocycles. The molecule has 2 amide bonds. The van der Waals surface area contributed by atoms with Crippen LogP contribution < -0.4 is 4.90 Å². The van der Waals surface area contributed by atoms with Crippen LogP contribution in [-0.4, -0.2) is 52.0 Å². The van der Waals surface area contributed by atoms with Gasteiger partial charge in [-0.25, -0.2) is 0 Å². The number of aromatic nitrogens is 1. The SMILES string of the molecule is O=C(c1ccccn1)N1C[C@H]2[C@@H](c3ccccc31)[C@@H](CO)N2C(=O)C1CCCC1. The van der Waals surface area contributed by atoms with E-state index < -0.39 is 0 Å². The molecule has 2 aliphatic heterocycles. The maximum atomic E-state index is 13.2. The van der Waals surface area contributed by atoms with Crippen LogP contribution in [0.3, 0.4) is 0 Å². The molecular weight excluding hydrogens is 366 g/mol. The Morgan fingerprint density at radius 1 is 1.07 bits per heavy atom. The van der Waals surface area contributed by atoms with Crippen molar-refractivity contribution < 1.29 is 14.7 Å². The lowest BCUT2D eigenvalue weighted by molar-refractivity contribution is -0.154. The second-order valence-corrected chi connectivity index (χ2v) is 8.26. The molecule has 1 saturated heterocycles. The first kappa shape index (κ1) is 18.3. The molecule has 0 spiro atoms. The number of anilines is 1. The van der Waals surface area contributed by atoms with Crippen molar-refractivity contribution >= 4 is 17.5 Å². The molecule has 0 bridgehead atoms. The van der Waals surface area contributed by atoms with E-state index in [4.69, 9.17) is 0 Å². The summed E-state index contributed by atoms with van der Waals surface area (Å²) in [7, 11) is 0. The Kier molecular flexibility index (Phi) is 4.59. The molecule has 0 radical (unpaired) electrons. The number of nitrogens with zero attached hydrogens (tertiary/aromatic N) is 3. The lowest BCUT2D eigenvalue weighted by atomic mass is 9.71. The second-order valence-electron chi connectivity index (χ2n) is 8.26. The quantitative estimate of drug-likeness (QED) is 0.873. The van der Waals surface area contributed by atoms with Crippen LogP contribution in [0, 0.1) is 5.92 Å². The van der Waals surface area contributed by atoms with E-state index in [1.54, 1.807) is 29.3 Å². The van der Waals surface area contributed by atoms with E-state index in [1.807, 2.05) is 29.2 Å². The van der Waals surface area contributed by atoms with E-state index in [0.29, 0.717) is 12.2 Å². The molecule has 150 valence electrons. The predicted octanol–water partition coefficient (Wildman–Crippen LogP) is 2.59. The van der Waals surface area contributed by atoms with Gasteiger partial charge in [0.15, 0.2) is 0 Å². The number of para-hydroxylation sites is 1. The van der Waals surface area contributed by atoms with E-state index in [2.05, 4.69) is 4.98 Å². The zero-order valence-electron chi connectivity index (χ0n) is 16.3. The molecular formula is C23H25N3O3. The highest BCUT2D eigenvalue weighted by atomic mass is 16.3. The standard InChI is InChI=1S/C23H25N3O3/c27-14-20-21-16-9-3-4-11-18(16)25(23(29)17-10-5-6-12-24-17)13-19(21)26(20)22(28)15-7-1-2-8-15/h3-6,9-12,15,19-21,27H,1-2,7-8,13-14H2/t19-,20+,21+/m0/s1. The van der Waals surface area contributed by atoms with Crippen molar-refractivity contribution in [3.05, 3.63) is 59.9 Å². The number of fused-ring (bicyclic) bond motifs is 3. The van der Waals surface area contributed by atoms with Gasteiger partial charge in [0.1, 0.15) is 5.69 Å². The Morgan fingerprint density at radius 3 is 2.55 bits per heavy atom. The van der Waals surface area contributed by atoms with Crippen LogP contribution in [0.5, 0.6) is 0 Å². The van der Waals surface area contributed by atoms with Gasteiger partial charge in [-0.3, -0.25) is 14.6 Å². The molecule has 29 heavy (non-hydrogen) atoms. The highest BCUT2D eigenvalue weighted by Crippen LogP contribution is 2.49. The molecule has 2 aromatic rings. The first-order valence-corrected chi connectivity index (χ1v) is 10.5. The van der Waals surface area contributed by atoms with Crippen molar-refractivity contribution in [1.82, 2.24) is 9.88 Å². The van der Waals surface area contributed by atoms with Crippen LogP contribution in [0.15, 0.2) is 48.7 Å². The number of aliphatic hydroxyl groups excluding tert-OH is 1. The van der Waals surface area contributed by atoms with Gasteiger partial charge in [-0.1, -0.05) is 37.1 Å². The number of likely N-dealkylation sites (tertiary alicyclic amines) is 1. The topological polar surface area (TPSA) is 73.7 Å². The largest absolute Gasteiger partial charge is 0.394 e. The number of carbonyl (C=O) groups is 2. The molecule has 3 atom stereocenters. The molecule has 2 fully saturated rings. The fourth-order valence-electron chi connectivity index (χ4n) is 5.40. The van der Waals surface area contributed by atoms with Crippen molar-refractivity contribution in [2.45, 2.75) is 43.7 Å². The molecule has 3 aliphatic rings. The average Bonchev–Trinajstić information content (AvgIpc) is 3.29. The molecule has 1 aromatic carbocycles. The molecule has 3 heterocycles. The molecule has 1 N–H and O–H groups in total. The fourth-order valence-corrected chi connectivity index (χ4v) is 5.40. The number of amides is 2. The average molecular weight is 391 g/mol. The third-order valence-corrected chi connectivity index (χ3v) is 6.78. The third-order valence-electron chi connectivity index (χ3n) is 6.78. The van der Waals surface area contributed by atoms with E-state index in [1.165, 1.54) is 0 Å². The summed E-state index contributed by atoms with van der Waals surface area (Å²) < 4.78 is 0. The number of carbonyl (C=O) groups excluding carboxylic acids is 2. The van der Waals surface area contributed by atoms with Crippen molar-refractivity contribution in [3.8, 4) is 0 Å². The number of pyridine rings is 1. The first-order valence-electron chi connectivity index (χ1n) is 10.5. The molecule has 6 nitrogen and oxygen atoms in total. The minimum absolute atomic E-state index is 0.0534. The van der Waals surface area contributed by atoms with E-state index >= 15 is 0 Å². The number of aliphatic hydroxyl groups is 1. The number of benzene rings is 1. The van der Waals surface area contributed by atoms with E-state index in [-0.39, 0.29) is 42.3 Å². The molecule has 6 heteroatoms. The smallest absolute Gasteiger partial charge is 0.276 e. The van der Waals surface area contributed by atoms with Crippen molar-refractivity contribution in [3.63, 3.8) is 0 Å². The molecule has 0 unspecified atom stereocenters. The van der Waals surface area contributed by atoms with Crippen LogP contribution in [0.25, 0.3) is 0 Å². The zero-order chi connectivity index (χ0) is 20.0. The van der Waals surface area contributed by atoms with Gasteiger partial charge < -0.3 is 14.9 Å². The van der Waals surface area contributed by atoms with Crippen molar-refractivity contribution in [2.75, 3.05) is 18.1 Å². The Balaban J connectivity index is 1.50. The summed E-state index contributed by atoms with van der Waals surface area (Å²) >= 11 is 0. The summed E-state index contributed by atoms with van der Waals surface area (Å²) in [5.41, 5.74) is 2.28. The van der Waals surface area contributed by atoms with E-state index in [9.17, 15) is 14.7 Å². The lowest BCUT2D eigenvalue weighted by Crippen LogP contribution is -2.71. The van der Waals surface area contributed by atoms with Crippen LogP contribution >= 0.6 is 0 Å². The summed E-state index contributed by atoms with van der Waals surface area (Å²) in [4.78, 5) is 34.3. The Labute approximate surface area is 170 Å². The van der Waals surface area contributed by atoms with Crippen molar-refractivity contribution in [2.24, 2.45) is 5.92 Å². The highest BCUT2D eigenvalue weighted by molar-refractivity contribution is 6.06. The van der Waals surface area contributed by atoms with E-state index in [0.717, 1.165) is 36.9 Å². The van der Waals surface area contributed by atoms with Gasteiger partial charge in [-0.05, 0) is 36.6 Å². The summed E-state index contributed by atoms with van der Waals surface area (Å²) in [5, 5.41) is 10.1. The Hall–Kier alpha value is -2.73. The van der Waals surface area contributed by atoms with Crippen LogP contribution in [-0.2, 0) is 4.79 Å². The van der Waals surface area contributed by atoms with Crippen LogP contribution in [0.1, 0.15) is 47.7 Å². The highest BCUT2D eigenvalue weighted by Gasteiger charge is 2.56. The molecule has 5 rings (SSSR count). The summed E-state index contributed by atoms with van der Waals surface area (Å²) in [6.45, 7) is 0.383. The number of hydrogen-bond donors (Lipinski definition) is 1. The number of hydrogen-bond acceptors (Lipinski definition) is 4. The molecule has 1 aliphatic carbocycles. The van der Waals surface area contributed by atoms with Crippen molar-refractivity contribution in [1.29, 1.82) is 0 Å². The number of rotatable bonds is 3. The normalized spacial score (nSPS) is 25.9. The monoisotopic (exact) mass is 391 g/mol. The lowest BCUT2D eigenvalue weighted by Gasteiger charge is -2.59. The van der Waals surface area contributed by atoms with Gasteiger partial charge in [0, 0.05) is 30.3 Å². The Morgan fingerprint density at radius 2 is 1.83 bits per heavy atom. The van der Waals surface area contributed by atoms with Crippen LogP contribution in [0.4, 0.5) is 5.69 Å². The maximum absolute atomic E-state index is 13.2. The zero-order valence-corrected chi connectivity index (χ0v) is 16.3. The summed E-state index contributed by atoms with van der Waals surface area (Å²) in [6, 6.07) is 12.9. The minimum atomic E-state index is -0.207. The van der Waals surface area contributed by atoms with Gasteiger partial charge in [-0.15, -0.1) is 0 Å². The molecule has 1 aromatic heterocycles. The summed E-state index contributed by atoms with van der Waals surface area (Å²) in [6.07, 6.45) is 5.66. The van der Waals surface area contributed by atoms with Gasteiger partial charge in [0.25, 0.3) is 5.91 Å². The third kappa shape index (κ3) is 2.85. The second kappa shape index (κ2) is 7.26. The van der Waals surface area contributed by atoms with Gasteiger partial charge in [-0.2, -0.15) is 0 Å². The van der Waals surface area contributed by atoms with Gasteiger partial charge in [0.2, 0.25) is 5.91 Å². The van der Waals surface area contributed by atoms with Gasteiger partial charge in [0.05, 0.1) is 18.7 Å². The minimum Gasteiger partial charge on any atom is -0.394 e. The Bertz CT molecular complexity index is 926. The van der Waals surface area contributed by atoms with Crippen LogP contribution in [0.2, 0.25) is 0 Å². The first-order chi connectivity index (χ1) is 14.2. The van der Waals surface area contributed by atoms with Gasteiger partial charge >= 0.3 is 0 Å². The maximum Gasteiger partial charge on any atom is 0.276 e. The fraction of sp³-hybridized carbons (Fsp3) is 0.435. The predicted molar refractivity (Wildman–Crippen MR) is 109 cm³/mol.